The molecular weight excluding hydrogens is 246 g/mol. The predicted octanol–water partition coefficient (Wildman–Crippen LogP) is 0.516. The molecule has 6 heteroatoms. The smallest absolute Gasteiger partial charge is 0.341 e. The Balaban J connectivity index is 1.96. The van der Waals surface area contributed by atoms with E-state index in [2.05, 4.69) is 15.6 Å². The number of rotatable bonds is 4. The first kappa shape index (κ1) is 13.8. The maximum Gasteiger partial charge on any atom is 0.341 e. The molecule has 0 amide bonds. The lowest BCUT2D eigenvalue weighted by atomic mass is 10.1. The largest absolute Gasteiger partial charge is 0.465 e. The standard InChI is InChI=1S/C13H19N3O3/c1-18-13(17)11-3-2-4-15-12(11)16-8-10-7-14-5-6-19-9-10/h2-4,10,14H,5-9H2,1H3,(H,15,16). The van der Waals surface area contributed by atoms with Crippen LogP contribution < -0.4 is 10.6 Å². The van der Waals surface area contributed by atoms with Gasteiger partial charge >= 0.3 is 5.97 Å². The number of aromatic nitrogens is 1. The molecule has 1 aliphatic rings. The summed E-state index contributed by atoms with van der Waals surface area (Å²) < 4.78 is 10.2. The number of nitrogens with zero attached hydrogens (tertiary/aromatic N) is 1. The number of hydrogen-bond donors (Lipinski definition) is 2. The molecule has 1 aliphatic heterocycles. The summed E-state index contributed by atoms with van der Waals surface area (Å²) in [6, 6.07) is 3.41. The third kappa shape index (κ3) is 3.90. The maximum atomic E-state index is 11.6. The first-order chi connectivity index (χ1) is 9.31. The molecule has 1 fully saturated rings. The van der Waals surface area contributed by atoms with Gasteiger partial charge in [-0.3, -0.25) is 0 Å². The molecule has 2 rings (SSSR count). The highest BCUT2D eigenvalue weighted by molar-refractivity contribution is 5.94. The van der Waals surface area contributed by atoms with E-state index in [4.69, 9.17) is 9.47 Å². The number of anilines is 1. The molecular formula is C13H19N3O3. The summed E-state index contributed by atoms with van der Waals surface area (Å²) >= 11 is 0. The lowest BCUT2D eigenvalue weighted by Crippen LogP contribution is -2.28. The van der Waals surface area contributed by atoms with E-state index in [0.29, 0.717) is 30.5 Å². The van der Waals surface area contributed by atoms with Crippen molar-refractivity contribution in [1.29, 1.82) is 0 Å². The van der Waals surface area contributed by atoms with E-state index < -0.39 is 0 Å². The van der Waals surface area contributed by atoms with Crippen molar-refractivity contribution in [2.24, 2.45) is 5.92 Å². The molecule has 1 unspecified atom stereocenters. The van der Waals surface area contributed by atoms with Crippen molar-refractivity contribution < 1.29 is 14.3 Å². The summed E-state index contributed by atoms with van der Waals surface area (Å²) in [6.07, 6.45) is 1.65. The van der Waals surface area contributed by atoms with Crippen LogP contribution in [0.15, 0.2) is 18.3 Å². The number of nitrogens with one attached hydrogen (secondary N) is 2. The van der Waals surface area contributed by atoms with Crippen LogP contribution in [0.4, 0.5) is 5.82 Å². The number of carbonyl (C=O) groups is 1. The Hall–Kier alpha value is -1.66. The van der Waals surface area contributed by atoms with Gasteiger partial charge < -0.3 is 20.1 Å². The molecule has 19 heavy (non-hydrogen) atoms. The van der Waals surface area contributed by atoms with Gasteiger partial charge in [-0.05, 0) is 12.1 Å². The predicted molar refractivity (Wildman–Crippen MR) is 71.2 cm³/mol. The fourth-order valence-corrected chi connectivity index (χ4v) is 1.95. The molecule has 0 radical (unpaired) electrons. The molecule has 2 heterocycles. The van der Waals surface area contributed by atoms with E-state index in [1.165, 1.54) is 7.11 Å². The Morgan fingerprint density at radius 3 is 3.42 bits per heavy atom. The highest BCUT2D eigenvalue weighted by Crippen LogP contribution is 2.13. The van der Waals surface area contributed by atoms with Gasteiger partial charge in [-0.1, -0.05) is 0 Å². The average molecular weight is 265 g/mol. The van der Waals surface area contributed by atoms with Gasteiger partial charge in [0, 0.05) is 31.7 Å². The van der Waals surface area contributed by atoms with E-state index >= 15 is 0 Å². The van der Waals surface area contributed by atoms with Crippen LogP contribution >= 0.6 is 0 Å². The van der Waals surface area contributed by atoms with Gasteiger partial charge in [0.25, 0.3) is 0 Å². The minimum Gasteiger partial charge on any atom is -0.465 e. The van der Waals surface area contributed by atoms with Gasteiger partial charge in [-0.2, -0.15) is 0 Å². The fourth-order valence-electron chi connectivity index (χ4n) is 1.95. The topological polar surface area (TPSA) is 72.5 Å². The van der Waals surface area contributed by atoms with Crippen molar-refractivity contribution in [2.45, 2.75) is 0 Å². The molecule has 0 aromatic carbocycles. The van der Waals surface area contributed by atoms with E-state index in [0.717, 1.165) is 19.7 Å². The zero-order chi connectivity index (χ0) is 13.5. The second-order valence-corrected chi connectivity index (χ2v) is 4.42. The summed E-state index contributed by atoms with van der Waals surface area (Å²) in [4.78, 5) is 15.8. The number of methoxy groups -OCH3 is 1. The molecule has 2 N–H and O–H groups in total. The maximum absolute atomic E-state index is 11.6. The minimum absolute atomic E-state index is 0.356. The first-order valence-corrected chi connectivity index (χ1v) is 6.37. The van der Waals surface area contributed by atoms with Crippen LogP contribution in [-0.2, 0) is 9.47 Å². The van der Waals surface area contributed by atoms with Crippen molar-refractivity contribution in [3.8, 4) is 0 Å². The fraction of sp³-hybridized carbons (Fsp3) is 0.538. The van der Waals surface area contributed by atoms with Crippen molar-refractivity contribution in [1.82, 2.24) is 10.3 Å². The van der Waals surface area contributed by atoms with Gasteiger partial charge in [0.05, 0.1) is 20.3 Å². The summed E-state index contributed by atoms with van der Waals surface area (Å²) in [5.74, 6) is 0.527. The van der Waals surface area contributed by atoms with Crippen molar-refractivity contribution in [2.75, 3.05) is 45.3 Å². The van der Waals surface area contributed by atoms with Gasteiger partial charge in [0.15, 0.2) is 0 Å². The van der Waals surface area contributed by atoms with Crippen molar-refractivity contribution in [3.05, 3.63) is 23.9 Å². The minimum atomic E-state index is -0.383. The molecule has 1 saturated heterocycles. The Morgan fingerprint density at radius 1 is 1.68 bits per heavy atom. The van der Waals surface area contributed by atoms with Crippen LogP contribution in [0.1, 0.15) is 10.4 Å². The molecule has 0 aliphatic carbocycles. The van der Waals surface area contributed by atoms with E-state index in [1.807, 2.05) is 0 Å². The number of esters is 1. The molecule has 1 aromatic heterocycles. The molecule has 0 saturated carbocycles. The van der Waals surface area contributed by atoms with Crippen LogP contribution in [-0.4, -0.2) is 50.9 Å². The summed E-state index contributed by atoms with van der Waals surface area (Å²) in [7, 11) is 1.36. The third-order valence-electron chi connectivity index (χ3n) is 2.98. The number of ether oxygens (including phenoxy) is 2. The zero-order valence-electron chi connectivity index (χ0n) is 11.0. The summed E-state index contributed by atoms with van der Waals surface area (Å²) in [6.45, 7) is 3.93. The second kappa shape index (κ2) is 7.06. The first-order valence-electron chi connectivity index (χ1n) is 6.37. The van der Waals surface area contributed by atoms with E-state index in [1.54, 1.807) is 18.3 Å². The summed E-state index contributed by atoms with van der Waals surface area (Å²) in [5, 5.41) is 6.50. The monoisotopic (exact) mass is 265 g/mol. The Kier molecular flexibility index (Phi) is 5.11. The van der Waals surface area contributed by atoms with Crippen LogP contribution in [0, 0.1) is 5.92 Å². The molecule has 104 valence electrons. The third-order valence-corrected chi connectivity index (χ3v) is 2.98. The van der Waals surface area contributed by atoms with Crippen LogP contribution in [0.3, 0.4) is 0 Å². The van der Waals surface area contributed by atoms with Crippen molar-refractivity contribution >= 4 is 11.8 Å². The number of hydrogen-bond acceptors (Lipinski definition) is 6. The lowest BCUT2D eigenvalue weighted by Gasteiger charge is -2.16. The second-order valence-electron chi connectivity index (χ2n) is 4.42. The Labute approximate surface area is 112 Å². The van der Waals surface area contributed by atoms with Gasteiger partial charge in [0.1, 0.15) is 11.4 Å². The molecule has 1 aromatic rings. The van der Waals surface area contributed by atoms with Crippen molar-refractivity contribution in [3.63, 3.8) is 0 Å². The van der Waals surface area contributed by atoms with Crippen LogP contribution in [0.2, 0.25) is 0 Å². The normalized spacial score (nSPS) is 19.5. The quantitative estimate of drug-likeness (QED) is 0.773. The highest BCUT2D eigenvalue weighted by atomic mass is 16.5. The zero-order valence-corrected chi connectivity index (χ0v) is 11.0. The van der Waals surface area contributed by atoms with Gasteiger partial charge in [-0.25, -0.2) is 9.78 Å². The van der Waals surface area contributed by atoms with E-state index in [9.17, 15) is 4.79 Å². The number of pyridine rings is 1. The average Bonchev–Trinajstić information content (AvgIpc) is 2.73. The van der Waals surface area contributed by atoms with Crippen LogP contribution in [0.25, 0.3) is 0 Å². The Morgan fingerprint density at radius 2 is 2.58 bits per heavy atom. The summed E-state index contributed by atoms with van der Waals surface area (Å²) in [5.41, 5.74) is 0.451. The van der Waals surface area contributed by atoms with E-state index in [-0.39, 0.29) is 5.97 Å². The Bertz CT molecular complexity index is 417. The number of carbonyl (C=O) groups excluding carboxylic acids is 1. The van der Waals surface area contributed by atoms with Gasteiger partial charge in [0.2, 0.25) is 0 Å². The molecule has 0 spiro atoms. The lowest BCUT2D eigenvalue weighted by molar-refractivity contribution is 0.0601. The highest BCUT2D eigenvalue weighted by Gasteiger charge is 2.15. The molecule has 1 atom stereocenters. The SMILES string of the molecule is COC(=O)c1cccnc1NCC1CNCCOC1. The molecule has 6 nitrogen and oxygen atoms in total. The molecule has 0 bridgehead atoms. The van der Waals surface area contributed by atoms with Crippen LogP contribution in [0.5, 0.6) is 0 Å². The van der Waals surface area contributed by atoms with Gasteiger partial charge in [-0.15, -0.1) is 0 Å².